The molecule has 1 N–H and O–H groups in total. The second kappa shape index (κ2) is 4.10. The molecule has 5 heteroatoms. The maximum absolute atomic E-state index is 12.2. The third kappa shape index (κ3) is 3.13. The van der Waals surface area contributed by atoms with Gasteiger partial charge in [-0.05, 0) is 26.2 Å². The van der Waals surface area contributed by atoms with E-state index in [1.807, 2.05) is 0 Å². The second-order valence-corrected chi connectivity index (χ2v) is 3.58. The lowest BCUT2D eigenvalue weighted by atomic mass is 10.1. The third-order valence-electron chi connectivity index (χ3n) is 1.90. The molecule has 0 fully saturated rings. The molecule has 1 rings (SSSR count). The molecule has 0 aromatic heterocycles. The summed E-state index contributed by atoms with van der Waals surface area (Å²) < 4.78 is 36.7. The molecule has 1 aromatic carbocycles. The smallest absolute Gasteiger partial charge is 0.416 e. The van der Waals surface area contributed by atoms with Crippen molar-refractivity contribution in [2.45, 2.75) is 12.7 Å². The van der Waals surface area contributed by atoms with Crippen molar-refractivity contribution < 1.29 is 18.3 Å². The number of rotatable bonds is 2. The van der Waals surface area contributed by atoms with Crippen molar-refractivity contribution >= 4 is 0 Å². The average Bonchev–Trinajstić information content (AvgIpc) is 2.05. The van der Waals surface area contributed by atoms with Crippen molar-refractivity contribution in [3.05, 3.63) is 29.3 Å². The van der Waals surface area contributed by atoms with E-state index in [1.165, 1.54) is 6.07 Å². The Morgan fingerprint density at radius 2 is 1.87 bits per heavy atom. The topological polar surface area (TPSA) is 23.5 Å². The zero-order valence-electron chi connectivity index (χ0n) is 8.47. The second-order valence-electron chi connectivity index (χ2n) is 3.58. The minimum atomic E-state index is -4.41. The monoisotopic (exact) mass is 219 g/mol. The van der Waals surface area contributed by atoms with Crippen LogP contribution in [-0.2, 0) is 12.7 Å². The van der Waals surface area contributed by atoms with E-state index in [2.05, 4.69) is 0 Å². The maximum atomic E-state index is 12.2. The van der Waals surface area contributed by atoms with Crippen LogP contribution in [0.4, 0.5) is 13.2 Å². The highest BCUT2D eigenvalue weighted by Crippen LogP contribution is 2.32. The first kappa shape index (κ1) is 11.8. The number of phenols is 1. The Balaban J connectivity index is 2.98. The number of benzene rings is 1. The van der Waals surface area contributed by atoms with E-state index in [0.29, 0.717) is 12.1 Å². The van der Waals surface area contributed by atoms with Gasteiger partial charge < -0.3 is 10.0 Å². The number of phenolic OH excluding ortho intramolecular Hbond substituents is 1. The van der Waals surface area contributed by atoms with E-state index in [0.717, 1.165) is 12.1 Å². The summed E-state index contributed by atoms with van der Waals surface area (Å²) >= 11 is 0. The molecule has 0 amide bonds. The Hall–Kier alpha value is -1.23. The first-order valence-electron chi connectivity index (χ1n) is 4.34. The van der Waals surface area contributed by atoms with Crippen LogP contribution in [0.5, 0.6) is 5.75 Å². The normalized spacial score (nSPS) is 12.1. The molecule has 15 heavy (non-hydrogen) atoms. The van der Waals surface area contributed by atoms with E-state index >= 15 is 0 Å². The van der Waals surface area contributed by atoms with Crippen LogP contribution in [0.15, 0.2) is 18.2 Å². The largest absolute Gasteiger partial charge is 0.508 e. The van der Waals surface area contributed by atoms with Gasteiger partial charge in [-0.2, -0.15) is 13.2 Å². The van der Waals surface area contributed by atoms with Crippen molar-refractivity contribution in [3.63, 3.8) is 0 Å². The molecular formula is C10H12F3NO. The Morgan fingerprint density at radius 1 is 1.27 bits per heavy atom. The van der Waals surface area contributed by atoms with Crippen LogP contribution in [0.25, 0.3) is 0 Å². The number of hydrogen-bond donors (Lipinski definition) is 1. The van der Waals surface area contributed by atoms with Crippen molar-refractivity contribution in [1.82, 2.24) is 4.90 Å². The van der Waals surface area contributed by atoms with Gasteiger partial charge in [0.15, 0.2) is 0 Å². The fourth-order valence-corrected chi connectivity index (χ4v) is 1.21. The minimum Gasteiger partial charge on any atom is -0.508 e. The number of hydrogen-bond acceptors (Lipinski definition) is 2. The van der Waals surface area contributed by atoms with E-state index in [1.54, 1.807) is 19.0 Å². The highest BCUT2D eigenvalue weighted by Gasteiger charge is 2.30. The molecule has 0 aliphatic heterocycles. The lowest BCUT2D eigenvalue weighted by molar-refractivity contribution is -0.137. The summed E-state index contributed by atoms with van der Waals surface area (Å²) in [4.78, 5) is 1.77. The van der Waals surface area contributed by atoms with E-state index in [9.17, 15) is 18.3 Å². The summed E-state index contributed by atoms with van der Waals surface area (Å²) in [6, 6.07) is 3.01. The molecule has 0 unspecified atom stereocenters. The standard InChI is InChI=1S/C10H12F3NO/c1-14(2)6-7-3-4-8(5-9(7)15)10(11,12)13/h3-5,15H,6H2,1-2H3. The zero-order chi connectivity index (χ0) is 11.6. The molecule has 0 atom stereocenters. The van der Waals surface area contributed by atoms with Crippen molar-refractivity contribution in [2.75, 3.05) is 14.1 Å². The highest BCUT2D eigenvalue weighted by molar-refractivity contribution is 5.37. The molecule has 2 nitrogen and oxygen atoms in total. The fourth-order valence-electron chi connectivity index (χ4n) is 1.21. The summed E-state index contributed by atoms with van der Waals surface area (Å²) in [5.41, 5.74) is -0.351. The van der Waals surface area contributed by atoms with Gasteiger partial charge in [0.25, 0.3) is 0 Å². The molecule has 1 aromatic rings. The van der Waals surface area contributed by atoms with Gasteiger partial charge in [0, 0.05) is 12.1 Å². The molecule has 0 radical (unpaired) electrons. The van der Waals surface area contributed by atoms with Crippen LogP contribution >= 0.6 is 0 Å². The predicted molar refractivity (Wildman–Crippen MR) is 50.5 cm³/mol. The molecule has 0 bridgehead atoms. The molecular weight excluding hydrogens is 207 g/mol. The molecule has 0 aliphatic carbocycles. The lowest BCUT2D eigenvalue weighted by Crippen LogP contribution is -2.11. The van der Waals surface area contributed by atoms with Gasteiger partial charge in [0.1, 0.15) is 5.75 Å². The minimum absolute atomic E-state index is 0.321. The Labute approximate surface area is 85.9 Å². The molecule has 0 aliphatic rings. The van der Waals surface area contributed by atoms with Crippen molar-refractivity contribution in [3.8, 4) is 5.75 Å². The highest BCUT2D eigenvalue weighted by atomic mass is 19.4. The summed E-state index contributed by atoms with van der Waals surface area (Å²) in [5.74, 6) is -0.321. The zero-order valence-corrected chi connectivity index (χ0v) is 8.47. The van der Waals surface area contributed by atoms with Crippen molar-refractivity contribution in [1.29, 1.82) is 0 Å². The quantitative estimate of drug-likeness (QED) is 0.825. The SMILES string of the molecule is CN(C)Cc1ccc(C(F)(F)F)cc1O. The van der Waals surface area contributed by atoms with Crippen LogP contribution < -0.4 is 0 Å². The molecule has 0 spiro atoms. The van der Waals surface area contributed by atoms with Gasteiger partial charge in [0.05, 0.1) is 5.56 Å². The van der Waals surface area contributed by atoms with Crippen LogP contribution in [0.2, 0.25) is 0 Å². The third-order valence-corrected chi connectivity index (χ3v) is 1.90. The van der Waals surface area contributed by atoms with Gasteiger partial charge in [-0.25, -0.2) is 0 Å². The van der Waals surface area contributed by atoms with Gasteiger partial charge in [-0.1, -0.05) is 6.07 Å². The molecule has 84 valence electrons. The molecule has 0 saturated carbocycles. The predicted octanol–water partition coefficient (Wildman–Crippen LogP) is 2.47. The van der Waals surface area contributed by atoms with Gasteiger partial charge in [-0.3, -0.25) is 0 Å². The molecule has 0 saturated heterocycles. The van der Waals surface area contributed by atoms with E-state index in [4.69, 9.17) is 0 Å². The molecule has 0 heterocycles. The average molecular weight is 219 g/mol. The number of aromatic hydroxyl groups is 1. The van der Waals surface area contributed by atoms with Crippen LogP contribution in [0.1, 0.15) is 11.1 Å². The van der Waals surface area contributed by atoms with Gasteiger partial charge in [-0.15, -0.1) is 0 Å². The summed E-state index contributed by atoms with van der Waals surface area (Å²) in [7, 11) is 3.55. The van der Waals surface area contributed by atoms with Crippen LogP contribution in [-0.4, -0.2) is 24.1 Å². The van der Waals surface area contributed by atoms with Gasteiger partial charge in [0.2, 0.25) is 0 Å². The number of nitrogens with zero attached hydrogens (tertiary/aromatic N) is 1. The fraction of sp³-hybridized carbons (Fsp3) is 0.400. The maximum Gasteiger partial charge on any atom is 0.416 e. The Bertz CT molecular complexity index is 347. The van der Waals surface area contributed by atoms with E-state index in [-0.39, 0.29) is 5.75 Å². The number of alkyl halides is 3. The first-order chi connectivity index (χ1) is 6.80. The summed E-state index contributed by atoms with van der Waals surface area (Å²) in [5, 5.41) is 9.38. The van der Waals surface area contributed by atoms with Crippen molar-refractivity contribution in [2.24, 2.45) is 0 Å². The Kier molecular flexibility index (Phi) is 3.24. The van der Waals surface area contributed by atoms with Gasteiger partial charge >= 0.3 is 6.18 Å². The summed E-state index contributed by atoms with van der Waals surface area (Å²) in [6.07, 6.45) is -4.41. The van der Waals surface area contributed by atoms with Crippen LogP contribution in [0.3, 0.4) is 0 Å². The number of halogens is 3. The first-order valence-corrected chi connectivity index (χ1v) is 4.34. The summed E-state index contributed by atoms with van der Waals surface area (Å²) in [6.45, 7) is 0.407. The Morgan fingerprint density at radius 3 is 2.27 bits per heavy atom. The lowest BCUT2D eigenvalue weighted by Gasteiger charge is -2.13. The van der Waals surface area contributed by atoms with E-state index < -0.39 is 11.7 Å². The van der Waals surface area contributed by atoms with Crippen LogP contribution in [0, 0.1) is 0 Å².